The molecule has 1 aromatic rings. The zero-order valence-corrected chi connectivity index (χ0v) is 10.8. The minimum atomic E-state index is -3.13. The molecule has 1 aromatic carbocycles. The average molecular weight is 290 g/mol. The standard InChI is InChI=1S/C10H12BrNO2S/c1-15(13,14)12-6-2-3-8-7-9(11)4-5-10(8)12/h4-5,7H,2-3,6H2,1H3. The van der Waals surface area contributed by atoms with Gasteiger partial charge in [-0.15, -0.1) is 0 Å². The van der Waals surface area contributed by atoms with E-state index in [1.54, 1.807) is 0 Å². The number of anilines is 1. The fourth-order valence-electron chi connectivity index (χ4n) is 1.88. The summed E-state index contributed by atoms with van der Waals surface area (Å²) in [6.45, 7) is 0.591. The van der Waals surface area contributed by atoms with Gasteiger partial charge in [0.2, 0.25) is 10.0 Å². The summed E-state index contributed by atoms with van der Waals surface area (Å²) >= 11 is 3.39. The van der Waals surface area contributed by atoms with Gasteiger partial charge in [0.1, 0.15) is 0 Å². The number of hydrogen-bond acceptors (Lipinski definition) is 2. The van der Waals surface area contributed by atoms with E-state index in [1.807, 2.05) is 18.2 Å². The molecule has 5 heteroatoms. The Bertz CT molecular complexity index is 484. The molecule has 0 radical (unpaired) electrons. The first-order valence-corrected chi connectivity index (χ1v) is 7.39. The van der Waals surface area contributed by atoms with Crippen LogP contribution in [0.2, 0.25) is 0 Å². The molecule has 2 rings (SSSR count). The number of fused-ring (bicyclic) bond motifs is 1. The average Bonchev–Trinajstić information content (AvgIpc) is 2.15. The van der Waals surface area contributed by atoms with Crippen molar-refractivity contribution in [1.82, 2.24) is 0 Å². The molecule has 0 atom stereocenters. The highest BCUT2D eigenvalue weighted by atomic mass is 79.9. The Kier molecular flexibility index (Phi) is 2.77. The van der Waals surface area contributed by atoms with Crippen LogP contribution in [0.5, 0.6) is 0 Å². The number of hydrogen-bond donors (Lipinski definition) is 0. The van der Waals surface area contributed by atoms with Crippen molar-refractivity contribution in [2.45, 2.75) is 12.8 Å². The van der Waals surface area contributed by atoms with Crippen molar-refractivity contribution >= 4 is 31.6 Å². The lowest BCUT2D eigenvalue weighted by molar-refractivity contribution is 0.592. The van der Waals surface area contributed by atoms with Crippen LogP contribution in [0.15, 0.2) is 22.7 Å². The van der Waals surface area contributed by atoms with Gasteiger partial charge in [-0.3, -0.25) is 4.31 Å². The van der Waals surface area contributed by atoms with E-state index in [0.29, 0.717) is 6.54 Å². The molecule has 0 spiro atoms. The van der Waals surface area contributed by atoms with Gasteiger partial charge in [-0.05, 0) is 36.6 Å². The summed E-state index contributed by atoms with van der Waals surface area (Å²) in [5.41, 5.74) is 1.92. The molecular weight excluding hydrogens is 278 g/mol. The molecule has 0 fully saturated rings. The summed E-state index contributed by atoms with van der Waals surface area (Å²) in [4.78, 5) is 0. The van der Waals surface area contributed by atoms with Crippen LogP contribution in [0.3, 0.4) is 0 Å². The van der Waals surface area contributed by atoms with Gasteiger partial charge in [0.05, 0.1) is 11.9 Å². The Morgan fingerprint density at radius 1 is 1.40 bits per heavy atom. The first-order valence-electron chi connectivity index (χ1n) is 4.74. The van der Waals surface area contributed by atoms with E-state index in [-0.39, 0.29) is 0 Å². The second-order valence-corrected chi connectivity index (χ2v) is 6.53. The van der Waals surface area contributed by atoms with E-state index in [4.69, 9.17) is 0 Å². The van der Waals surface area contributed by atoms with Gasteiger partial charge >= 0.3 is 0 Å². The van der Waals surface area contributed by atoms with Gasteiger partial charge in [-0.25, -0.2) is 8.42 Å². The molecule has 0 amide bonds. The Morgan fingerprint density at radius 3 is 2.80 bits per heavy atom. The fourth-order valence-corrected chi connectivity index (χ4v) is 3.28. The molecule has 82 valence electrons. The number of rotatable bonds is 1. The second kappa shape index (κ2) is 3.79. The van der Waals surface area contributed by atoms with Gasteiger partial charge in [-0.2, -0.15) is 0 Å². The first-order chi connectivity index (χ1) is 6.98. The summed E-state index contributed by atoms with van der Waals surface area (Å²) in [5, 5.41) is 0. The molecule has 3 nitrogen and oxygen atoms in total. The second-order valence-electron chi connectivity index (χ2n) is 3.71. The molecule has 0 bridgehead atoms. The highest BCUT2D eigenvalue weighted by molar-refractivity contribution is 9.10. The van der Waals surface area contributed by atoms with Crippen LogP contribution in [-0.4, -0.2) is 21.2 Å². The van der Waals surface area contributed by atoms with Crippen LogP contribution in [0, 0.1) is 0 Å². The van der Waals surface area contributed by atoms with Crippen LogP contribution in [0.25, 0.3) is 0 Å². The number of benzene rings is 1. The van der Waals surface area contributed by atoms with Crippen molar-refractivity contribution in [3.8, 4) is 0 Å². The Balaban J connectivity index is 2.52. The van der Waals surface area contributed by atoms with E-state index in [0.717, 1.165) is 28.6 Å². The van der Waals surface area contributed by atoms with Crippen molar-refractivity contribution in [2.75, 3.05) is 17.1 Å². The third kappa shape index (κ3) is 2.18. The molecule has 0 saturated heterocycles. The minimum absolute atomic E-state index is 0.591. The summed E-state index contributed by atoms with van der Waals surface area (Å²) in [6.07, 6.45) is 3.08. The van der Waals surface area contributed by atoms with Crippen LogP contribution < -0.4 is 4.31 Å². The number of sulfonamides is 1. The molecule has 15 heavy (non-hydrogen) atoms. The van der Waals surface area contributed by atoms with Crippen molar-refractivity contribution in [3.05, 3.63) is 28.2 Å². The van der Waals surface area contributed by atoms with Crippen LogP contribution in [-0.2, 0) is 16.4 Å². The van der Waals surface area contributed by atoms with Crippen molar-refractivity contribution in [2.24, 2.45) is 0 Å². The van der Waals surface area contributed by atoms with Crippen molar-refractivity contribution in [3.63, 3.8) is 0 Å². The lowest BCUT2D eigenvalue weighted by atomic mass is 10.0. The van der Waals surface area contributed by atoms with E-state index in [2.05, 4.69) is 15.9 Å². The summed E-state index contributed by atoms with van der Waals surface area (Å²) in [7, 11) is -3.13. The molecule has 0 saturated carbocycles. The smallest absolute Gasteiger partial charge is 0.232 e. The third-order valence-electron chi connectivity index (χ3n) is 2.52. The van der Waals surface area contributed by atoms with Gasteiger partial charge in [-0.1, -0.05) is 15.9 Å². The lowest BCUT2D eigenvalue weighted by Crippen LogP contribution is -2.34. The highest BCUT2D eigenvalue weighted by Gasteiger charge is 2.23. The van der Waals surface area contributed by atoms with Crippen LogP contribution in [0.1, 0.15) is 12.0 Å². The summed E-state index contributed by atoms with van der Waals surface area (Å²) in [5.74, 6) is 0. The SMILES string of the molecule is CS(=O)(=O)N1CCCc2cc(Br)ccc21. The predicted molar refractivity (Wildman–Crippen MR) is 64.7 cm³/mol. The molecule has 1 aliphatic heterocycles. The monoisotopic (exact) mass is 289 g/mol. The largest absolute Gasteiger partial charge is 0.270 e. The van der Waals surface area contributed by atoms with Gasteiger partial charge in [0, 0.05) is 11.0 Å². The van der Waals surface area contributed by atoms with E-state index >= 15 is 0 Å². The van der Waals surface area contributed by atoms with Gasteiger partial charge < -0.3 is 0 Å². The maximum atomic E-state index is 11.5. The van der Waals surface area contributed by atoms with Crippen LogP contribution in [0.4, 0.5) is 5.69 Å². The van der Waals surface area contributed by atoms with Crippen molar-refractivity contribution in [1.29, 1.82) is 0 Å². The molecule has 0 unspecified atom stereocenters. The predicted octanol–water partition coefficient (Wildman–Crippen LogP) is 2.16. The van der Waals surface area contributed by atoms with E-state index in [9.17, 15) is 8.42 Å². The number of aryl methyl sites for hydroxylation is 1. The van der Waals surface area contributed by atoms with Gasteiger partial charge in [0.25, 0.3) is 0 Å². The van der Waals surface area contributed by atoms with Crippen molar-refractivity contribution < 1.29 is 8.42 Å². The Labute approximate surface area is 98.3 Å². The van der Waals surface area contributed by atoms with E-state index in [1.165, 1.54) is 10.6 Å². The molecule has 0 N–H and O–H groups in total. The van der Waals surface area contributed by atoms with E-state index < -0.39 is 10.0 Å². The molecule has 1 aliphatic rings. The zero-order valence-electron chi connectivity index (χ0n) is 8.40. The molecule has 0 aliphatic carbocycles. The Hall–Kier alpha value is -0.550. The highest BCUT2D eigenvalue weighted by Crippen LogP contribution is 2.31. The first kappa shape index (κ1) is 11.0. The summed E-state index contributed by atoms with van der Waals surface area (Å²) < 4.78 is 25.6. The maximum Gasteiger partial charge on any atom is 0.232 e. The number of halogens is 1. The normalized spacial score (nSPS) is 16.3. The van der Waals surface area contributed by atoms with Gasteiger partial charge in [0.15, 0.2) is 0 Å². The number of nitrogens with zero attached hydrogens (tertiary/aromatic N) is 1. The fraction of sp³-hybridized carbons (Fsp3) is 0.400. The lowest BCUT2D eigenvalue weighted by Gasteiger charge is -2.29. The zero-order chi connectivity index (χ0) is 11.1. The molecule has 0 aromatic heterocycles. The maximum absolute atomic E-state index is 11.5. The van der Waals surface area contributed by atoms with Crippen LogP contribution >= 0.6 is 15.9 Å². The topological polar surface area (TPSA) is 37.4 Å². The quantitative estimate of drug-likeness (QED) is 0.795. The molecular formula is C10H12BrNO2S. The molecule has 1 heterocycles. The summed E-state index contributed by atoms with van der Waals surface area (Å²) in [6, 6.07) is 5.73. The minimum Gasteiger partial charge on any atom is -0.270 e. The third-order valence-corrected chi connectivity index (χ3v) is 4.19. The Morgan fingerprint density at radius 2 is 2.13 bits per heavy atom.